The third kappa shape index (κ3) is 1.00. The summed E-state index contributed by atoms with van der Waals surface area (Å²) >= 11 is 0. The molecule has 6 bridgehead atoms. The van der Waals surface area contributed by atoms with Crippen molar-refractivity contribution >= 4 is 12.6 Å². The minimum atomic E-state index is -0.570. The maximum atomic E-state index is 12.3. The van der Waals surface area contributed by atoms with Gasteiger partial charge in [0, 0.05) is 23.7 Å². The molecule has 2 heterocycles. The predicted octanol–water partition coefficient (Wildman–Crippen LogP) is 2.67. The average Bonchev–Trinajstić information content (AvgIpc) is 3.34. The normalized spacial score (nSPS) is 65.6. The second-order valence-corrected chi connectivity index (χ2v) is 8.98. The monoisotopic (exact) mass is 298 g/mol. The second kappa shape index (κ2) is 3.54. The van der Waals surface area contributed by atoms with Gasteiger partial charge in [0.1, 0.15) is 23.7 Å². The van der Waals surface area contributed by atoms with Gasteiger partial charge >= 0.3 is 0 Å². The average molecular weight is 298 g/mol. The van der Waals surface area contributed by atoms with Gasteiger partial charge in [-0.05, 0) is 62.2 Å². The van der Waals surface area contributed by atoms with Gasteiger partial charge in [-0.1, -0.05) is 0 Å². The first kappa shape index (κ1) is 12.4. The number of nitrogens with zero attached hydrogens (tertiary/aromatic N) is 2. The summed E-state index contributed by atoms with van der Waals surface area (Å²) in [6, 6.07) is 0. The highest BCUT2D eigenvalue weighted by Crippen LogP contribution is 2.75. The summed E-state index contributed by atoms with van der Waals surface area (Å²) in [6.07, 6.45) is 9.69. The Hall–Kier alpha value is -1.06. The number of hydrogen-bond acceptors (Lipinski definition) is 4. The van der Waals surface area contributed by atoms with Crippen molar-refractivity contribution in [1.82, 2.24) is 0 Å². The summed E-state index contributed by atoms with van der Waals surface area (Å²) in [5.41, 5.74) is -1.14. The quantitative estimate of drug-likeness (QED) is 0.736. The Morgan fingerprint density at radius 2 is 0.955 bits per heavy atom. The molecule has 22 heavy (non-hydrogen) atoms. The van der Waals surface area contributed by atoms with Gasteiger partial charge in [-0.25, -0.2) is 0 Å². The zero-order valence-electron chi connectivity index (χ0n) is 12.7. The molecule has 5 saturated carbocycles. The SMILES string of the molecule is O=CC12N=NC(C=O)([C@@H]3[C@H]4CC[C@H](C4)[C@@H]31)[C@H]1[C@@H]3CC[C@@H](C3)[C@H]12. The summed E-state index contributed by atoms with van der Waals surface area (Å²) in [7, 11) is 0. The third-order valence-electron chi connectivity index (χ3n) is 8.74. The van der Waals surface area contributed by atoms with Gasteiger partial charge in [0.2, 0.25) is 0 Å². The molecule has 2 unspecified atom stereocenters. The van der Waals surface area contributed by atoms with Gasteiger partial charge in [-0.15, -0.1) is 0 Å². The molecule has 0 radical (unpaired) electrons. The molecule has 0 aromatic rings. The maximum absolute atomic E-state index is 12.3. The molecule has 2 aliphatic heterocycles. The molecular formula is C18H22N2O2. The Morgan fingerprint density at radius 1 is 0.636 bits per heavy atom. The van der Waals surface area contributed by atoms with E-state index < -0.39 is 11.1 Å². The second-order valence-electron chi connectivity index (χ2n) is 8.98. The van der Waals surface area contributed by atoms with Gasteiger partial charge in [0.25, 0.3) is 0 Å². The first-order valence-corrected chi connectivity index (χ1v) is 9.12. The highest BCUT2D eigenvalue weighted by Gasteiger charge is 2.79. The Kier molecular flexibility index (Phi) is 1.99. The standard InChI is InChI=1S/C18H22N2O2/c21-7-17-13-9-1-2-10(5-9)14(13)18(8-22,20-19-17)16-12-4-3-11(6-12)15(16)17/h7-16H,1-6H2/t9-,10+,11+,12-,13+,14-,15-,16+,17?,18?. The van der Waals surface area contributed by atoms with E-state index in [1.165, 1.54) is 51.1 Å². The smallest absolute Gasteiger partial charge is 0.150 e. The summed E-state index contributed by atoms with van der Waals surface area (Å²) in [5, 5.41) is 9.28. The lowest BCUT2D eigenvalue weighted by Crippen LogP contribution is -2.71. The van der Waals surface area contributed by atoms with E-state index in [4.69, 9.17) is 0 Å². The minimum Gasteiger partial charge on any atom is -0.301 e. The molecule has 10 atom stereocenters. The van der Waals surface area contributed by atoms with E-state index in [1.807, 2.05) is 0 Å². The molecule has 0 amide bonds. The van der Waals surface area contributed by atoms with Crippen molar-refractivity contribution in [2.24, 2.45) is 57.6 Å². The van der Waals surface area contributed by atoms with Gasteiger partial charge in [-0.2, -0.15) is 10.2 Å². The van der Waals surface area contributed by atoms with Crippen LogP contribution in [0.1, 0.15) is 38.5 Å². The third-order valence-corrected chi connectivity index (χ3v) is 8.74. The van der Waals surface area contributed by atoms with E-state index >= 15 is 0 Å². The van der Waals surface area contributed by atoms with Crippen LogP contribution in [-0.2, 0) is 9.59 Å². The molecule has 0 aromatic heterocycles. The summed E-state index contributed by atoms with van der Waals surface area (Å²) in [6.45, 7) is 0. The van der Waals surface area contributed by atoms with Crippen LogP contribution < -0.4 is 0 Å². The zero-order chi connectivity index (χ0) is 14.7. The fourth-order valence-corrected chi connectivity index (χ4v) is 8.49. The highest BCUT2D eigenvalue weighted by molar-refractivity contribution is 5.75. The van der Waals surface area contributed by atoms with Crippen molar-refractivity contribution in [3.05, 3.63) is 0 Å². The van der Waals surface area contributed by atoms with Crippen LogP contribution in [0.2, 0.25) is 0 Å². The number of azo groups is 1. The Labute approximate surface area is 130 Å². The molecule has 0 aromatic carbocycles. The number of carbonyl (C=O) groups is 2. The van der Waals surface area contributed by atoms with Crippen molar-refractivity contribution in [1.29, 1.82) is 0 Å². The highest BCUT2D eigenvalue weighted by atomic mass is 16.1. The number of carbonyl (C=O) groups excluding carboxylic acids is 2. The Balaban J connectivity index is 1.64. The molecule has 5 aliphatic carbocycles. The number of aldehydes is 2. The summed E-state index contributed by atoms with van der Waals surface area (Å²) in [4.78, 5) is 24.7. The van der Waals surface area contributed by atoms with E-state index in [-0.39, 0.29) is 0 Å². The van der Waals surface area contributed by atoms with Crippen LogP contribution >= 0.6 is 0 Å². The van der Waals surface area contributed by atoms with Crippen molar-refractivity contribution in [3.63, 3.8) is 0 Å². The topological polar surface area (TPSA) is 58.9 Å². The van der Waals surface area contributed by atoms with Crippen LogP contribution in [0, 0.1) is 47.3 Å². The van der Waals surface area contributed by atoms with Crippen LogP contribution in [0.4, 0.5) is 0 Å². The molecule has 7 aliphatic rings. The first-order valence-electron chi connectivity index (χ1n) is 9.12. The Bertz CT molecular complexity index is 530. The maximum Gasteiger partial charge on any atom is 0.150 e. The molecule has 5 fully saturated rings. The molecular weight excluding hydrogens is 276 g/mol. The van der Waals surface area contributed by atoms with E-state index in [9.17, 15) is 9.59 Å². The molecule has 0 spiro atoms. The molecule has 7 rings (SSSR count). The van der Waals surface area contributed by atoms with Gasteiger partial charge < -0.3 is 9.59 Å². The van der Waals surface area contributed by atoms with E-state index in [0.717, 1.165) is 0 Å². The first-order chi connectivity index (χ1) is 10.7. The summed E-state index contributed by atoms with van der Waals surface area (Å²) < 4.78 is 0. The lowest BCUT2D eigenvalue weighted by atomic mass is 9.45. The molecule has 0 N–H and O–H groups in total. The fourth-order valence-electron chi connectivity index (χ4n) is 8.49. The molecule has 116 valence electrons. The van der Waals surface area contributed by atoms with Crippen molar-refractivity contribution < 1.29 is 9.59 Å². The molecule has 4 heteroatoms. The molecule has 4 nitrogen and oxygen atoms in total. The van der Waals surface area contributed by atoms with E-state index in [2.05, 4.69) is 10.2 Å². The predicted molar refractivity (Wildman–Crippen MR) is 78.1 cm³/mol. The molecule has 0 saturated heterocycles. The Morgan fingerprint density at radius 3 is 1.23 bits per heavy atom. The van der Waals surface area contributed by atoms with Gasteiger partial charge in [0.15, 0.2) is 0 Å². The lowest BCUT2D eigenvalue weighted by Gasteiger charge is -2.62. The zero-order valence-corrected chi connectivity index (χ0v) is 12.7. The van der Waals surface area contributed by atoms with Crippen LogP contribution in [0.5, 0.6) is 0 Å². The number of rotatable bonds is 2. The lowest BCUT2D eigenvalue weighted by molar-refractivity contribution is -0.156. The van der Waals surface area contributed by atoms with Crippen molar-refractivity contribution in [2.45, 2.75) is 49.6 Å². The number of fused-ring (bicyclic) bond motifs is 4. The largest absolute Gasteiger partial charge is 0.301 e. The summed E-state index contributed by atoms with van der Waals surface area (Å²) in [5.74, 6) is 3.69. The van der Waals surface area contributed by atoms with Crippen molar-refractivity contribution in [3.8, 4) is 0 Å². The van der Waals surface area contributed by atoms with Crippen molar-refractivity contribution in [2.75, 3.05) is 0 Å². The van der Waals surface area contributed by atoms with Gasteiger partial charge in [-0.3, -0.25) is 0 Å². The van der Waals surface area contributed by atoms with Crippen LogP contribution in [-0.4, -0.2) is 23.7 Å². The fraction of sp³-hybridized carbons (Fsp3) is 0.889. The van der Waals surface area contributed by atoms with E-state index in [1.54, 1.807) is 0 Å². The van der Waals surface area contributed by atoms with Gasteiger partial charge in [0.05, 0.1) is 0 Å². The van der Waals surface area contributed by atoms with Crippen LogP contribution in [0.3, 0.4) is 0 Å². The van der Waals surface area contributed by atoms with Crippen LogP contribution in [0.15, 0.2) is 10.2 Å². The van der Waals surface area contributed by atoms with E-state index in [0.29, 0.717) is 47.3 Å². The van der Waals surface area contributed by atoms with Crippen LogP contribution in [0.25, 0.3) is 0 Å². The number of hydrogen-bond donors (Lipinski definition) is 0. The minimum absolute atomic E-state index is 0.312.